The van der Waals surface area contributed by atoms with Gasteiger partial charge in [-0.2, -0.15) is 0 Å². The van der Waals surface area contributed by atoms with Crippen LogP contribution >= 0.6 is 11.3 Å². The average molecular weight is 318 g/mol. The predicted octanol–water partition coefficient (Wildman–Crippen LogP) is 3.61. The molecule has 2 aromatic heterocycles. The zero-order chi connectivity index (χ0) is 15.8. The minimum Gasteiger partial charge on any atom is -0.331 e. The van der Waals surface area contributed by atoms with E-state index in [2.05, 4.69) is 22.2 Å². The Morgan fingerprint density at radius 3 is 3.00 bits per heavy atom. The molecule has 0 unspecified atom stereocenters. The molecule has 2 amide bonds. The highest BCUT2D eigenvalue weighted by Gasteiger charge is 2.17. The van der Waals surface area contributed by atoms with Gasteiger partial charge in [-0.1, -0.05) is 25.8 Å². The lowest BCUT2D eigenvalue weighted by Gasteiger charge is -2.23. The van der Waals surface area contributed by atoms with Gasteiger partial charge >= 0.3 is 6.03 Å². The number of pyridine rings is 1. The Morgan fingerprint density at radius 1 is 1.50 bits per heavy atom. The van der Waals surface area contributed by atoms with Gasteiger partial charge in [0, 0.05) is 24.8 Å². The van der Waals surface area contributed by atoms with Crippen LogP contribution < -0.4 is 5.32 Å². The Bertz CT molecular complexity index is 559. The summed E-state index contributed by atoms with van der Waals surface area (Å²) in [6, 6.07) is 3.82. The molecule has 0 bridgehead atoms. The molecule has 5 nitrogen and oxygen atoms in total. The van der Waals surface area contributed by atoms with Gasteiger partial charge in [-0.25, -0.2) is 9.78 Å². The maximum atomic E-state index is 12.4. The Hall–Kier alpha value is -1.95. The molecule has 0 saturated carbocycles. The molecule has 22 heavy (non-hydrogen) atoms. The van der Waals surface area contributed by atoms with E-state index in [1.165, 1.54) is 11.3 Å². The summed E-state index contributed by atoms with van der Waals surface area (Å²) >= 11 is 1.54. The van der Waals surface area contributed by atoms with Crippen LogP contribution in [-0.2, 0) is 6.54 Å². The van der Waals surface area contributed by atoms with Crippen LogP contribution in [0.3, 0.4) is 0 Å². The SMILES string of the molecule is CCCC[C@H](NC(=O)N(C)Cc1cscn1)c1cccnc1. The molecule has 0 fully saturated rings. The van der Waals surface area contributed by atoms with E-state index in [0.717, 1.165) is 30.5 Å². The summed E-state index contributed by atoms with van der Waals surface area (Å²) in [6.45, 7) is 2.67. The molecule has 1 N–H and O–H groups in total. The van der Waals surface area contributed by atoms with E-state index in [0.29, 0.717) is 6.54 Å². The van der Waals surface area contributed by atoms with Crippen LogP contribution in [0.25, 0.3) is 0 Å². The summed E-state index contributed by atoms with van der Waals surface area (Å²) in [5, 5.41) is 5.06. The van der Waals surface area contributed by atoms with Crippen molar-refractivity contribution >= 4 is 17.4 Å². The number of hydrogen-bond acceptors (Lipinski definition) is 4. The zero-order valence-corrected chi connectivity index (χ0v) is 13.8. The number of rotatable bonds is 7. The molecule has 0 spiro atoms. The molecule has 0 aliphatic rings. The first kappa shape index (κ1) is 16.4. The Labute approximate surface area is 135 Å². The van der Waals surface area contributed by atoms with Gasteiger partial charge in [-0.05, 0) is 18.1 Å². The largest absolute Gasteiger partial charge is 0.331 e. The molecular weight excluding hydrogens is 296 g/mol. The molecule has 0 saturated heterocycles. The molecule has 0 aliphatic heterocycles. The lowest BCUT2D eigenvalue weighted by atomic mass is 10.0. The summed E-state index contributed by atoms with van der Waals surface area (Å²) < 4.78 is 0. The van der Waals surface area contributed by atoms with Crippen molar-refractivity contribution in [1.82, 2.24) is 20.2 Å². The van der Waals surface area contributed by atoms with Gasteiger partial charge in [-0.3, -0.25) is 4.98 Å². The normalized spacial score (nSPS) is 11.9. The number of carbonyl (C=O) groups is 1. The third-order valence-corrected chi connectivity index (χ3v) is 4.10. The molecule has 0 aromatic carbocycles. The van der Waals surface area contributed by atoms with Gasteiger partial charge in [0.05, 0.1) is 23.8 Å². The van der Waals surface area contributed by atoms with E-state index < -0.39 is 0 Å². The smallest absolute Gasteiger partial charge is 0.317 e. The number of nitrogens with one attached hydrogen (secondary N) is 1. The second-order valence-corrected chi connectivity index (χ2v) is 5.99. The number of unbranched alkanes of at least 4 members (excludes halogenated alkanes) is 1. The van der Waals surface area contributed by atoms with Crippen molar-refractivity contribution in [2.75, 3.05) is 7.05 Å². The van der Waals surface area contributed by atoms with Crippen molar-refractivity contribution in [1.29, 1.82) is 0 Å². The maximum Gasteiger partial charge on any atom is 0.317 e. The summed E-state index contributed by atoms with van der Waals surface area (Å²) in [5.74, 6) is 0. The van der Waals surface area contributed by atoms with E-state index >= 15 is 0 Å². The molecule has 0 aliphatic carbocycles. The number of urea groups is 1. The molecule has 118 valence electrons. The van der Waals surface area contributed by atoms with Crippen LogP contribution in [-0.4, -0.2) is 27.9 Å². The van der Waals surface area contributed by atoms with Crippen molar-refractivity contribution in [2.45, 2.75) is 38.8 Å². The fourth-order valence-electron chi connectivity index (χ4n) is 2.20. The van der Waals surface area contributed by atoms with Crippen LogP contribution in [0.5, 0.6) is 0 Å². The third-order valence-electron chi connectivity index (χ3n) is 3.46. The number of hydrogen-bond donors (Lipinski definition) is 1. The first-order valence-corrected chi connectivity index (χ1v) is 8.43. The van der Waals surface area contributed by atoms with Crippen LogP contribution in [0.15, 0.2) is 35.4 Å². The Kier molecular flexibility index (Phi) is 6.33. The molecule has 2 rings (SSSR count). The van der Waals surface area contributed by atoms with Crippen molar-refractivity contribution < 1.29 is 4.79 Å². The van der Waals surface area contributed by atoms with Crippen LogP contribution in [0.2, 0.25) is 0 Å². The van der Waals surface area contributed by atoms with Gasteiger partial charge < -0.3 is 10.2 Å². The highest BCUT2D eigenvalue weighted by atomic mass is 32.1. The van der Waals surface area contributed by atoms with Crippen LogP contribution in [0, 0.1) is 0 Å². The second-order valence-electron chi connectivity index (χ2n) is 5.27. The van der Waals surface area contributed by atoms with Crippen molar-refractivity contribution in [3.05, 3.63) is 46.7 Å². The Morgan fingerprint density at radius 2 is 2.36 bits per heavy atom. The zero-order valence-electron chi connectivity index (χ0n) is 13.0. The predicted molar refractivity (Wildman–Crippen MR) is 88.6 cm³/mol. The quantitative estimate of drug-likeness (QED) is 0.848. The van der Waals surface area contributed by atoms with E-state index in [1.54, 1.807) is 23.7 Å². The number of aromatic nitrogens is 2. The maximum absolute atomic E-state index is 12.4. The number of amides is 2. The van der Waals surface area contributed by atoms with E-state index in [4.69, 9.17) is 0 Å². The number of thiazole rings is 1. The lowest BCUT2D eigenvalue weighted by molar-refractivity contribution is 0.201. The number of nitrogens with zero attached hydrogens (tertiary/aromatic N) is 3. The fourth-order valence-corrected chi connectivity index (χ4v) is 2.75. The monoisotopic (exact) mass is 318 g/mol. The first-order chi connectivity index (χ1) is 10.7. The first-order valence-electron chi connectivity index (χ1n) is 7.49. The second kappa shape index (κ2) is 8.48. The lowest BCUT2D eigenvalue weighted by Crippen LogP contribution is -2.39. The van der Waals surface area contributed by atoms with Gasteiger partial charge in [0.1, 0.15) is 0 Å². The minimum absolute atomic E-state index is 0.000895. The van der Waals surface area contributed by atoms with Crippen LogP contribution in [0.1, 0.15) is 43.5 Å². The van der Waals surface area contributed by atoms with Crippen molar-refractivity contribution in [3.8, 4) is 0 Å². The fraction of sp³-hybridized carbons (Fsp3) is 0.438. The number of carbonyl (C=O) groups excluding carboxylic acids is 1. The molecule has 1 atom stereocenters. The van der Waals surface area contributed by atoms with Crippen molar-refractivity contribution in [2.24, 2.45) is 0 Å². The molecule has 0 radical (unpaired) electrons. The van der Waals surface area contributed by atoms with Crippen molar-refractivity contribution in [3.63, 3.8) is 0 Å². The summed E-state index contributed by atoms with van der Waals surface area (Å²) in [6.07, 6.45) is 6.65. The van der Waals surface area contributed by atoms with E-state index in [-0.39, 0.29) is 12.1 Å². The molecule has 6 heteroatoms. The van der Waals surface area contributed by atoms with Gasteiger partial charge in [0.25, 0.3) is 0 Å². The highest BCUT2D eigenvalue weighted by Crippen LogP contribution is 2.19. The average Bonchev–Trinajstić information content (AvgIpc) is 3.05. The van der Waals surface area contributed by atoms with Gasteiger partial charge in [0.15, 0.2) is 0 Å². The minimum atomic E-state index is -0.0852. The summed E-state index contributed by atoms with van der Waals surface area (Å²) in [5.41, 5.74) is 3.74. The van der Waals surface area contributed by atoms with E-state index in [9.17, 15) is 4.79 Å². The molecule has 2 aromatic rings. The molecule has 2 heterocycles. The third kappa shape index (κ3) is 4.80. The van der Waals surface area contributed by atoms with E-state index in [1.807, 2.05) is 23.7 Å². The van der Waals surface area contributed by atoms with Crippen LogP contribution in [0.4, 0.5) is 4.79 Å². The summed E-state index contributed by atoms with van der Waals surface area (Å²) in [7, 11) is 1.79. The topological polar surface area (TPSA) is 58.1 Å². The molecular formula is C16H22N4OS. The van der Waals surface area contributed by atoms with Gasteiger partial charge in [0.2, 0.25) is 0 Å². The standard InChI is InChI=1S/C16H22N4OS/c1-3-4-7-15(13-6-5-8-17-9-13)19-16(21)20(2)10-14-11-22-12-18-14/h5-6,8-9,11-12,15H,3-4,7,10H2,1-2H3,(H,19,21)/t15-/m0/s1. The van der Waals surface area contributed by atoms with Gasteiger partial charge in [-0.15, -0.1) is 11.3 Å². The highest BCUT2D eigenvalue weighted by molar-refractivity contribution is 7.07. The summed E-state index contributed by atoms with van der Waals surface area (Å²) in [4.78, 5) is 22.4. The Balaban J connectivity index is 1.98.